The Hall–Kier alpha value is -1.84. The number of carbonyl (C=O) groups is 1. The fourth-order valence-electron chi connectivity index (χ4n) is 1.49. The van der Waals surface area contributed by atoms with Gasteiger partial charge >= 0.3 is 0 Å². The van der Waals surface area contributed by atoms with E-state index < -0.39 is 0 Å². The van der Waals surface area contributed by atoms with Crippen molar-refractivity contribution in [3.05, 3.63) is 45.9 Å². The lowest BCUT2D eigenvalue weighted by Gasteiger charge is -1.97. The van der Waals surface area contributed by atoms with Crippen LogP contribution in [0.15, 0.2) is 45.9 Å². The second-order valence-corrected chi connectivity index (χ2v) is 6.36. The predicted molar refractivity (Wildman–Crippen MR) is 105 cm³/mol. The summed E-state index contributed by atoms with van der Waals surface area (Å²) in [6.45, 7) is 0. The summed E-state index contributed by atoms with van der Waals surface area (Å²) in [6, 6.07) is 3.55. The second-order valence-electron chi connectivity index (χ2n) is 4.22. The largest absolute Gasteiger partial charge is 0.396 e. The van der Waals surface area contributed by atoms with Crippen LogP contribution in [0.4, 0.5) is 17.2 Å². The standard InChI is InChI=1S/C7H6BrN3.C5H6BrN3.C2H3ClO/c8-5-3-6(9)7-10-1-2-11(7)4-5;6-3-1-4(7)5(8)9-2-3;3-1-2-4/h1-4H,9H2;1-2H,7H2,(H2,8,9);2H,1H2. The van der Waals surface area contributed by atoms with Crippen LogP contribution in [0.1, 0.15) is 0 Å². The molecular formula is C14H15Br2ClN6O. The maximum Gasteiger partial charge on any atom is 0.160 e. The normalized spacial score (nSPS) is 9.46. The summed E-state index contributed by atoms with van der Waals surface area (Å²) in [6.07, 6.45) is 7.74. The van der Waals surface area contributed by atoms with E-state index in [0.29, 0.717) is 23.5 Å². The molecular weight excluding hydrogens is 463 g/mol. The maximum absolute atomic E-state index is 9.04. The van der Waals surface area contributed by atoms with Gasteiger partial charge in [0, 0.05) is 33.7 Å². The molecule has 0 spiro atoms. The fraction of sp³-hybridized carbons (Fsp3) is 0.0714. The molecule has 0 aliphatic carbocycles. The number of aldehydes is 1. The number of hydrogen-bond donors (Lipinski definition) is 3. The number of alkyl halides is 1. The number of anilines is 3. The molecule has 0 atom stereocenters. The Morgan fingerprint density at radius 1 is 1.12 bits per heavy atom. The third kappa shape index (κ3) is 6.34. The molecule has 0 radical (unpaired) electrons. The lowest BCUT2D eigenvalue weighted by atomic mass is 10.4. The molecule has 10 heteroatoms. The number of nitrogens with two attached hydrogens (primary N) is 3. The smallest absolute Gasteiger partial charge is 0.160 e. The molecule has 0 fully saturated rings. The van der Waals surface area contributed by atoms with Gasteiger partial charge in [-0.05, 0) is 44.0 Å². The fourth-order valence-corrected chi connectivity index (χ4v) is 2.31. The first-order valence-electron chi connectivity index (χ1n) is 6.42. The van der Waals surface area contributed by atoms with Crippen LogP contribution < -0.4 is 17.2 Å². The van der Waals surface area contributed by atoms with E-state index in [2.05, 4.69) is 41.8 Å². The minimum Gasteiger partial charge on any atom is -0.396 e. The molecule has 0 unspecified atom stereocenters. The van der Waals surface area contributed by atoms with E-state index in [1.54, 1.807) is 18.5 Å². The number of hydrogen-bond acceptors (Lipinski definition) is 6. The van der Waals surface area contributed by atoms with E-state index in [0.717, 1.165) is 14.6 Å². The number of fused-ring (bicyclic) bond motifs is 1. The quantitative estimate of drug-likeness (QED) is 0.365. The van der Waals surface area contributed by atoms with Gasteiger partial charge in [-0.2, -0.15) is 0 Å². The van der Waals surface area contributed by atoms with Crippen molar-refractivity contribution >= 4 is 72.6 Å². The topological polar surface area (TPSA) is 125 Å². The van der Waals surface area contributed by atoms with Crippen LogP contribution in [0.25, 0.3) is 5.65 Å². The van der Waals surface area contributed by atoms with Gasteiger partial charge in [-0.15, -0.1) is 11.6 Å². The van der Waals surface area contributed by atoms with Crippen LogP contribution in [0.3, 0.4) is 0 Å². The first-order chi connectivity index (χ1) is 11.4. The first-order valence-corrected chi connectivity index (χ1v) is 8.54. The summed E-state index contributed by atoms with van der Waals surface area (Å²) in [5, 5.41) is 0. The van der Waals surface area contributed by atoms with Gasteiger partial charge in [0.2, 0.25) is 0 Å². The van der Waals surface area contributed by atoms with Gasteiger partial charge in [0.15, 0.2) is 5.65 Å². The van der Waals surface area contributed by atoms with Gasteiger partial charge in [-0.25, -0.2) is 9.97 Å². The van der Waals surface area contributed by atoms with Gasteiger partial charge in [0.05, 0.1) is 17.3 Å². The highest BCUT2D eigenvalue weighted by Gasteiger charge is 1.98. The van der Waals surface area contributed by atoms with Crippen molar-refractivity contribution in [1.82, 2.24) is 14.4 Å². The van der Waals surface area contributed by atoms with Crippen molar-refractivity contribution in [3.63, 3.8) is 0 Å². The number of carbonyl (C=O) groups excluding carboxylic acids is 1. The highest BCUT2D eigenvalue weighted by molar-refractivity contribution is 9.10. The summed E-state index contributed by atoms with van der Waals surface area (Å²) in [4.78, 5) is 16.9. The number of rotatable bonds is 1. The number of nitrogens with zero attached hydrogens (tertiary/aromatic N) is 3. The van der Waals surface area contributed by atoms with Crippen molar-refractivity contribution in [2.75, 3.05) is 23.1 Å². The zero-order chi connectivity index (χ0) is 18.1. The summed E-state index contributed by atoms with van der Waals surface area (Å²) in [5.74, 6) is 0.484. The molecule has 0 aliphatic rings. The number of pyridine rings is 2. The average Bonchev–Trinajstić information content (AvgIpc) is 3.01. The Labute approximate surface area is 160 Å². The minimum atomic E-state index is 0.111. The Morgan fingerprint density at radius 2 is 1.75 bits per heavy atom. The van der Waals surface area contributed by atoms with Crippen LogP contribution in [0.5, 0.6) is 0 Å². The van der Waals surface area contributed by atoms with Gasteiger partial charge in [0.25, 0.3) is 0 Å². The molecule has 3 aromatic heterocycles. The van der Waals surface area contributed by atoms with E-state index in [1.807, 2.05) is 22.9 Å². The van der Waals surface area contributed by atoms with Gasteiger partial charge in [-0.3, -0.25) is 0 Å². The molecule has 0 bridgehead atoms. The zero-order valence-corrected chi connectivity index (χ0v) is 16.3. The van der Waals surface area contributed by atoms with Crippen LogP contribution in [-0.2, 0) is 4.79 Å². The lowest BCUT2D eigenvalue weighted by Crippen LogP contribution is -1.96. The Bertz CT molecular complexity index is 811. The van der Waals surface area contributed by atoms with Gasteiger partial charge in [-0.1, -0.05) is 0 Å². The van der Waals surface area contributed by atoms with E-state index in [4.69, 9.17) is 33.6 Å². The molecule has 24 heavy (non-hydrogen) atoms. The minimum absolute atomic E-state index is 0.111. The van der Waals surface area contributed by atoms with E-state index in [-0.39, 0.29) is 5.88 Å². The Kier molecular flexibility index (Phi) is 8.51. The lowest BCUT2D eigenvalue weighted by molar-refractivity contribution is -0.105. The highest BCUT2D eigenvalue weighted by Crippen LogP contribution is 2.18. The average molecular weight is 479 g/mol. The zero-order valence-electron chi connectivity index (χ0n) is 12.4. The number of nitrogen functional groups attached to an aromatic ring is 3. The molecule has 128 valence electrons. The van der Waals surface area contributed by atoms with Gasteiger partial charge < -0.3 is 26.4 Å². The number of aromatic nitrogens is 3. The molecule has 0 saturated heterocycles. The van der Waals surface area contributed by atoms with Gasteiger partial charge in [0.1, 0.15) is 12.1 Å². The van der Waals surface area contributed by atoms with Crippen molar-refractivity contribution in [3.8, 4) is 0 Å². The summed E-state index contributed by atoms with van der Waals surface area (Å²) in [7, 11) is 0. The SMILES string of the molecule is Nc1cc(Br)cn2ccnc12.Nc1cc(Br)cnc1N.O=CCCl. The van der Waals surface area contributed by atoms with Crippen molar-refractivity contribution in [1.29, 1.82) is 0 Å². The molecule has 7 nitrogen and oxygen atoms in total. The van der Waals surface area contributed by atoms with E-state index in [1.165, 1.54) is 0 Å². The summed E-state index contributed by atoms with van der Waals surface area (Å²) < 4.78 is 3.68. The molecule has 0 aliphatic heterocycles. The molecule has 3 aromatic rings. The molecule has 0 amide bonds. The Balaban J connectivity index is 0.000000201. The predicted octanol–water partition coefficient (Wildman–Crippen LogP) is 3.11. The molecule has 3 rings (SSSR count). The summed E-state index contributed by atoms with van der Waals surface area (Å²) in [5.41, 5.74) is 18.4. The molecule has 0 aromatic carbocycles. The Morgan fingerprint density at radius 3 is 2.29 bits per heavy atom. The van der Waals surface area contributed by atoms with E-state index >= 15 is 0 Å². The third-order valence-corrected chi connectivity index (χ3v) is 3.46. The molecule has 3 heterocycles. The van der Waals surface area contributed by atoms with Crippen LogP contribution in [-0.4, -0.2) is 26.5 Å². The second kappa shape index (κ2) is 10.1. The first kappa shape index (κ1) is 20.2. The number of imidazole rings is 1. The molecule has 6 N–H and O–H groups in total. The monoisotopic (exact) mass is 476 g/mol. The van der Waals surface area contributed by atoms with Crippen molar-refractivity contribution in [2.45, 2.75) is 0 Å². The van der Waals surface area contributed by atoms with Crippen LogP contribution >= 0.6 is 43.5 Å². The highest BCUT2D eigenvalue weighted by atomic mass is 79.9. The van der Waals surface area contributed by atoms with Crippen LogP contribution in [0.2, 0.25) is 0 Å². The number of halogens is 3. The van der Waals surface area contributed by atoms with Crippen molar-refractivity contribution in [2.24, 2.45) is 0 Å². The third-order valence-electron chi connectivity index (χ3n) is 2.46. The van der Waals surface area contributed by atoms with Crippen LogP contribution in [0, 0.1) is 0 Å². The summed E-state index contributed by atoms with van der Waals surface area (Å²) >= 11 is 11.4. The van der Waals surface area contributed by atoms with Crippen molar-refractivity contribution < 1.29 is 4.79 Å². The maximum atomic E-state index is 9.04. The molecule has 0 saturated carbocycles. The van der Waals surface area contributed by atoms with E-state index in [9.17, 15) is 0 Å².